The maximum absolute atomic E-state index is 5.77. The lowest BCUT2D eigenvalue weighted by molar-refractivity contribution is 0.557. The van der Waals surface area contributed by atoms with E-state index in [1.807, 2.05) is 0 Å². The van der Waals surface area contributed by atoms with Gasteiger partial charge in [0.15, 0.2) is 0 Å². The zero-order valence-electron chi connectivity index (χ0n) is 51.5. The summed E-state index contributed by atoms with van der Waals surface area (Å²) >= 11 is 0. The summed E-state index contributed by atoms with van der Waals surface area (Å²) < 4.78 is 0. The summed E-state index contributed by atoms with van der Waals surface area (Å²) in [6.07, 6.45) is 0. The van der Waals surface area contributed by atoms with Crippen molar-refractivity contribution in [2.45, 2.75) is 52.4 Å². The van der Waals surface area contributed by atoms with E-state index in [-0.39, 0.29) is 0 Å². The largest absolute Gasteiger partial charge is 0.354 e. The van der Waals surface area contributed by atoms with Crippen LogP contribution in [0, 0.1) is 0 Å². The van der Waals surface area contributed by atoms with Crippen molar-refractivity contribution in [3.05, 3.63) is 117 Å². The Hall–Kier alpha value is -6.12. The van der Waals surface area contributed by atoms with E-state index in [1.165, 1.54) is 44.5 Å². The van der Waals surface area contributed by atoms with Crippen molar-refractivity contribution in [1.82, 2.24) is 105 Å². The van der Waals surface area contributed by atoms with Crippen molar-refractivity contribution in [2.75, 3.05) is 157 Å². The quantitative estimate of drug-likeness (QED) is 0.104. The van der Waals surface area contributed by atoms with E-state index in [0.717, 1.165) is 298 Å². The molecule has 8 bridgehead atoms. The Morgan fingerprint density at radius 3 is 0.523 bits per heavy atom. The molecule has 9 heterocycles. The highest BCUT2D eigenvalue weighted by Crippen LogP contribution is 2.43. The van der Waals surface area contributed by atoms with Crippen molar-refractivity contribution in [1.29, 1.82) is 0 Å². The molecule has 0 fully saturated rings. The molecule has 20 heteroatoms. The number of fused-ring (bicyclic) bond motifs is 24. The lowest BCUT2D eigenvalue weighted by atomic mass is 9.95. The predicted molar refractivity (Wildman–Crippen MR) is 361 cm³/mol. The van der Waals surface area contributed by atoms with Crippen LogP contribution in [0.2, 0.25) is 0 Å². The highest BCUT2D eigenvalue weighted by Gasteiger charge is 2.25. The molecule has 20 nitrogen and oxygen atoms in total. The van der Waals surface area contributed by atoms with Gasteiger partial charge < -0.3 is 95.0 Å². The van der Waals surface area contributed by atoms with Crippen LogP contribution < -0.4 is 85.1 Å². The molecule has 0 saturated heterocycles. The van der Waals surface area contributed by atoms with E-state index >= 15 is 0 Å². The first-order valence-corrected chi connectivity index (χ1v) is 33.0. The van der Waals surface area contributed by atoms with Gasteiger partial charge in [-0.15, -0.1) is 0 Å². The van der Waals surface area contributed by atoms with Gasteiger partial charge in [0.25, 0.3) is 0 Å². The summed E-state index contributed by atoms with van der Waals surface area (Å²) in [5.74, 6) is 0. The molecular weight excluding hydrogens is 1100 g/mol. The molecule has 0 atom stereocenters. The molecule has 0 unspecified atom stereocenters. The van der Waals surface area contributed by atoms with Crippen LogP contribution in [0.25, 0.3) is 88.6 Å². The van der Waals surface area contributed by atoms with E-state index in [4.69, 9.17) is 9.97 Å². The Kier molecular flexibility index (Phi) is 21.1. The number of benzene rings is 4. The first kappa shape index (κ1) is 60.8. The minimum Gasteiger partial charge on any atom is -0.354 e. The fraction of sp³-hybridized carbons (Fsp3) is 0.471. The average molecular weight is 1190 g/mol. The third-order valence-electron chi connectivity index (χ3n) is 18.0. The van der Waals surface area contributed by atoms with Crippen LogP contribution in [0.1, 0.15) is 44.5 Å². The summed E-state index contributed by atoms with van der Waals surface area (Å²) in [6, 6.07) is 28.8. The number of aromatic nitrogens is 4. The molecule has 0 radical (unpaired) electrons. The van der Waals surface area contributed by atoms with E-state index in [0.29, 0.717) is 0 Å². The number of H-pyrrole nitrogens is 2. The fourth-order valence-electron chi connectivity index (χ4n) is 13.2. The molecule has 4 aromatic carbocycles. The molecule has 6 aliphatic heterocycles. The third-order valence-corrected chi connectivity index (χ3v) is 18.0. The number of hydrogen-bond donors (Lipinski definition) is 18. The topological polar surface area (TPSA) is 250 Å². The molecule has 3 aromatic heterocycles. The molecule has 18 N–H and O–H groups in total. The van der Waals surface area contributed by atoms with E-state index in [1.54, 1.807) is 0 Å². The second-order valence-corrected chi connectivity index (χ2v) is 24.3. The first-order valence-electron chi connectivity index (χ1n) is 33.0. The SMILES string of the molecule is c1c2c(cc3c1-c1cc4[nH]c(cc5nc(cc6[nH]c(cc-3n1)c1cc3c(cc61)CNCCNCCNCCNC3)-c1cc3c(cc1-5)CNCCNCCNCCNC3)c1cc3c(cc41)CNCCNCCNCCNC3)CNCCNCCNCCNC2. The number of hydrogen-bond acceptors (Lipinski definition) is 18. The van der Waals surface area contributed by atoms with Crippen molar-refractivity contribution in [3.63, 3.8) is 0 Å². The Morgan fingerprint density at radius 2 is 0.341 bits per heavy atom. The first-order chi connectivity index (χ1) is 43.7. The Morgan fingerprint density at radius 1 is 0.182 bits per heavy atom. The zero-order valence-corrected chi connectivity index (χ0v) is 51.5. The van der Waals surface area contributed by atoms with Crippen LogP contribution in [-0.2, 0) is 52.4 Å². The number of nitrogens with zero attached hydrogens (tertiary/aromatic N) is 2. The smallest absolute Gasteiger partial charge is 0.0737 e. The monoisotopic (exact) mass is 1190 g/mol. The summed E-state index contributed by atoms with van der Waals surface area (Å²) in [5, 5.41) is 63.9. The van der Waals surface area contributed by atoms with Gasteiger partial charge in [0.2, 0.25) is 0 Å². The second kappa shape index (κ2) is 30.6. The number of aromatic amines is 2. The van der Waals surface area contributed by atoms with Gasteiger partial charge in [0.05, 0.1) is 22.8 Å². The summed E-state index contributed by atoms with van der Waals surface area (Å²) in [6.45, 7) is 28.0. The van der Waals surface area contributed by atoms with Gasteiger partial charge in [0, 0.05) is 275 Å². The van der Waals surface area contributed by atoms with Crippen LogP contribution in [0.5, 0.6) is 0 Å². The van der Waals surface area contributed by atoms with Crippen LogP contribution in [0.3, 0.4) is 0 Å². The standard InChI is InChI=1S/C68H94N20/c1-2-70-10-18-78-38-46-26-54-53(25-45(46)37-77-17-9-69-1)61-33-63-55-27-47-39-79-19-11-71-3-4-72-12-20-80-40-48(47)28-56(55)65(86-63)35-67-59-31-51-43-83-23-15-75-7-8-76-16-24-84-44-52(51)32-60(59)68(88-67)36-66-58-30-50-42-82-22-14-74-6-5-73-13-21-81-41-49(50)29-57(58)64(87-66)34-62(54)85-61/h25-36,69-85,88H,1-24,37-44H2. The van der Waals surface area contributed by atoms with E-state index in [2.05, 4.69) is 168 Å². The lowest BCUT2D eigenvalue weighted by Crippen LogP contribution is -2.35. The van der Waals surface area contributed by atoms with Gasteiger partial charge in [-0.2, -0.15) is 0 Å². The minimum atomic E-state index is 0.758. The molecule has 0 amide bonds. The number of rotatable bonds is 0. The molecular formula is C68H94N20. The Balaban J connectivity index is 1.06. The summed E-state index contributed by atoms with van der Waals surface area (Å²) in [5.41, 5.74) is 22.7. The van der Waals surface area contributed by atoms with Crippen molar-refractivity contribution in [2.24, 2.45) is 0 Å². The molecule has 88 heavy (non-hydrogen) atoms. The lowest BCUT2D eigenvalue weighted by Gasteiger charge is -2.16. The van der Waals surface area contributed by atoms with Gasteiger partial charge in [-0.05, 0) is 117 Å². The van der Waals surface area contributed by atoms with Gasteiger partial charge in [0.1, 0.15) is 0 Å². The molecule has 6 aliphatic rings. The Bertz CT molecular complexity index is 3220. The summed E-state index contributed by atoms with van der Waals surface area (Å²) in [7, 11) is 0. The van der Waals surface area contributed by atoms with E-state index < -0.39 is 0 Å². The van der Waals surface area contributed by atoms with Gasteiger partial charge in [-0.1, -0.05) is 0 Å². The predicted octanol–water partition coefficient (Wildman–Crippen LogP) is 2.78. The van der Waals surface area contributed by atoms with Gasteiger partial charge in [-0.3, -0.25) is 0 Å². The highest BCUT2D eigenvalue weighted by molar-refractivity contribution is 6.11. The van der Waals surface area contributed by atoms with Crippen LogP contribution >= 0.6 is 0 Å². The van der Waals surface area contributed by atoms with Crippen molar-refractivity contribution >= 4 is 43.6 Å². The molecule has 13 rings (SSSR count). The molecule has 0 saturated carbocycles. The third kappa shape index (κ3) is 15.0. The van der Waals surface area contributed by atoms with E-state index in [9.17, 15) is 0 Å². The average Bonchev–Trinajstić information content (AvgIpc) is 3.27. The minimum absolute atomic E-state index is 0.758. The van der Waals surface area contributed by atoms with Crippen LogP contribution in [-0.4, -0.2) is 177 Å². The maximum Gasteiger partial charge on any atom is 0.0737 e. The molecule has 0 spiro atoms. The Labute approximate surface area is 518 Å². The number of nitrogens with one attached hydrogen (secondary N) is 18. The molecule has 7 aromatic rings. The second-order valence-electron chi connectivity index (χ2n) is 24.3. The van der Waals surface area contributed by atoms with Crippen molar-refractivity contribution in [3.8, 4) is 45.0 Å². The zero-order chi connectivity index (χ0) is 59.1. The van der Waals surface area contributed by atoms with Gasteiger partial charge in [-0.25, -0.2) is 9.97 Å². The van der Waals surface area contributed by atoms with Crippen molar-refractivity contribution < 1.29 is 0 Å². The highest BCUT2D eigenvalue weighted by atomic mass is 15.0. The molecule has 0 aliphatic carbocycles. The molecule has 466 valence electrons. The maximum atomic E-state index is 5.77. The van der Waals surface area contributed by atoms with Crippen LogP contribution in [0.15, 0.2) is 72.8 Å². The van der Waals surface area contributed by atoms with Crippen LogP contribution in [0.4, 0.5) is 0 Å². The fourth-order valence-corrected chi connectivity index (χ4v) is 13.2. The summed E-state index contributed by atoms with van der Waals surface area (Å²) in [4.78, 5) is 19.7. The normalized spacial score (nSPS) is 19.5. The van der Waals surface area contributed by atoms with Gasteiger partial charge >= 0.3 is 0 Å².